The molecule has 2 fully saturated rings. The van der Waals surface area contributed by atoms with Crippen molar-refractivity contribution in [1.82, 2.24) is 10.3 Å². The van der Waals surface area contributed by atoms with E-state index in [0.29, 0.717) is 5.88 Å². The van der Waals surface area contributed by atoms with E-state index in [9.17, 15) is 4.79 Å². The van der Waals surface area contributed by atoms with Gasteiger partial charge in [0.05, 0.1) is 7.11 Å². The van der Waals surface area contributed by atoms with Crippen LogP contribution in [0.25, 0.3) is 0 Å². The first-order valence-electron chi connectivity index (χ1n) is 9.82. The van der Waals surface area contributed by atoms with E-state index >= 15 is 0 Å². The summed E-state index contributed by atoms with van der Waals surface area (Å²) >= 11 is 0. The van der Waals surface area contributed by atoms with E-state index in [2.05, 4.69) is 21.8 Å². The van der Waals surface area contributed by atoms with Crippen LogP contribution in [0.1, 0.15) is 14.8 Å². The molecule has 2 heterocycles. The largest absolute Gasteiger partial charge is 0.481 e. The Balaban J connectivity index is 0.00000300. The van der Waals surface area contributed by atoms with E-state index < -0.39 is 0 Å². The molecule has 3 rings (SSSR count). The molecule has 5 heteroatoms. The van der Waals surface area contributed by atoms with Crippen LogP contribution in [-0.4, -0.2) is 37.6 Å². The van der Waals surface area contributed by atoms with Crippen LogP contribution in [0.3, 0.4) is 0 Å². The lowest BCUT2D eigenvalue weighted by molar-refractivity contribution is -0.116. The Hall–Kier alpha value is -2.82. The van der Waals surface area contributed by atoms with E-state index in [-0.39, 0.29) is 7.33 Å². The fourth-order valence-electron chi connectivity index (χ4n) is 3.99. The lowest BCUT2D eigenvalue weighted by Crippen LogP contribution is -2.26. The van der Waals surface area contributed by atoms with Crippen LogP contribution in [0.5, 0.6) is 5.88 Å². The minimum atomic E-state index is -0.0513. The second-order valence-corrected chi connectivity index (χ2v) is 7.26. The van der Waals surface area contributed by atoms with Gasteiger partial charge in [-0.2, -0.15) is 0 Å². The van der Waals surface area contributed by atoms with Gasteiger partial charge in [0.1, 0.15) is 0 Å². The monoisotopic (exact) mass is 381 g/mol. The Morgan fingerprint density at radius 1 is 1.43 bits per heavy atom. The fourth-order valence-corrected chi connectivity index (χ4v) is 3.99. The highest BCUT2D eigenvalue weighted by Crippen LogP contribution is 2.54. The number of piperidine rings is 1. The second kappa shape index (κ2) is 9.40. The summed E-state index contributed by atoms with van der Waals surface area (Å²) in [5.74, 6) is 2.81. The summed E-state index contributed by atoms with van der Waals surface area (Å²) in [7, 11) is 1.64. The Morgan fingerprint density at radius 3 is 2.89 bits per heavy atom. The van der Waals surface area contributed by atoms with E-state index in [1.54, 1.807) is 31.5 Å². The van der Waals surface area contributed by atoms with Crippen LogP contribution >= 0.6 is 0 Å². The Bertz CT molecular complexity index is 791. The van der Waals surface area contributed by atoms with Crippen LogP contribution in [0, 0.1) is 17.8 Å². The van der Waals surface area contributed by atoms with Crippen molar-refractivity contribution in [2.24, 2.45) is 17.8 Å². The number of amides is 1. The zero-order valence-corrected chi connectivity index (χ0v) is 16.7. The van der Waals surface area contributed by atoms with Crippen molar-refractivity contribution in [2.75, 3.05) is 31.6 Å². The standard InChI is InChI=1S/C23H29N3O2.H2/c1-4-6-7-17(5-2)8-9-22(27)24-13-11-19-20-15-26(16-21(19)20)18-10-12-25-23(14-18)28-3;/h4-10,12,14,19-21H,2,11,13,15-16H2,1,3H3,(H,24,27);1H/b6-4-,9-8+,17-7+;/t19?,20-,21+;. The molecule has 0 radical (unpaired) electrons. The van der Waals surface area contributed by atoms with Crippen LogP contribution in [0.15, 0.2) is 66.9 Å². The van der Waals surface area contributed by atoms with Crippen molar-refractivity contribution in [3.05, 3.63) is 66.9 Å². The first-order valence-corrected chi connectivity index (χ1v) is 9.82. The lowest BCUT2D eigenvalue weighted by Gasteiger charge is -2.22. The van der Waals surface area contributed by atoms with Crippen molar-refractivity contribution >= 4 is 11.6 Å². The van der Waals surface area contributed by atoms with Crippen molar-refractivity contribution in [2.45, 2.75) is 13.3 Å². The molecule has 0 aromatic carbocycles. The molecule has 1 saturated heterocycles. The van der Waals surface area contributed by atoms with Crippen molar-refractivity contribution in [3.63, 3.8) is 0 Å². The summed E-state index contributed by atoms with van der Waals surface area (Å²) in [4.78, 5) is 18.6. The number of aromatic nitrogens is 1. The number of nitrogens with zero attached hydrogens (tertiary/aromatic N) is 2. The van der Waals surface area contributed by atoms with E-state index in [4.69, 9.17) is 4.74 Å². The number of rotatable bonds is 9. The number of allylic oxidation sites excluding steroid dienone is 6. The molecule has 0 bridgehead atoms. The quantitative estimate of drug-likeness (QED) is 0.523. The minimum Gasteiger partial charge on any atom is -0.481 e. The molecule has 150 valence electrons. The number of carbonyl (C=O) groups is 1. The third-order valence-corrected chi connectivity index (χ3v) is 5.58. The van der Waals surface area contributed by atoms with Crippen molar-refractivity contribution < 1.29 is 11.0 Å². The molecule has 0 spiro atoms. The van der Waals surface area contributed by atoms with Gasteiger partial charge < -0.3 is 15.0 Å². The molecule has 5 nitrogen and oxygen atoms in total. The predicted molar refractivity (Wildman–Crippen MR) is 115 cm³/mol. The first kappa shape index (κ1) is 19.9. The van der Waals surface area contributed by atoms with Crippen molar-refractivity contribution in [1.29, 1.82) is 0 Å². The summed E-state index contributed by atoms with van der Waals surface area (Å²) in [6.07, 6.45) is 13.7. The molecular weight excluding hydrogens is 350 g/mol. The van der Waals surface area contributed by atoms with Crippen LogP contribution in [0.2, 0.25) is 0 Å². The Labute approximate surface area is 169 Å². The molecule has 1 saturated carbocycles. The summed E-state index contributed by atoms with van der Waals surface area (Å²) in [5.41, 5.74) is 2.10. The van der Waals surface area contributed by atoms with Gasteiger partial charge in [-0.15, -0.1) is 0 Å². The van der Waals surface area contributed by atoms with Gasteiger partial charge in [0.2, 0.25) is 11.8 Å². The Kier molecular flexibility index (Phi) is 6.69. The van der Waals surface area contributed by atoms with Crippen LogP contribution < -0.4 is 15.0 Å². The molecule has 1 aromatic rings. The summed E-state index contributed by atoms with van der Waals surface area (Å²) < 4.78 is 5.21. The summed E-state index contributed by atoms with van der Waals surface area (Å²) in [6.45, 7) is 8.59. The molecule has 1 aliphatic heterocycles. The Morgan fingerprint density at radius 2 is 2.21 bits per heavy atom. The third-order valence-electron chi connectivity index (χ3n) is 5.58. The fraction of sp³-hybridized carbons (Fsp3) is 0.391. The number of pyridine rings is 1. The maximum atomic E-state index is 12.0. The summed E-state index contributed by atoms with van der Waals surface area (Å²) in [5, 5.41) is 2.99. The molecule has 1 aliphatic carbocycles. The summed E-state index contributed by atoms with van der Waals surface area (Å²) in [6, 6.07) is 4.03. The van der Waals surface area contributed by atoms with Gasteiger partial charge in [-0.1, -0.05) is 30.9 Å². The van der Waals surface area contributed by atoms with Crippen LogP contribution in [0.4, 0.5) is 5.69 Å². The molecular formula is C23H31N3O2. The topological polar surface area (TPSA) is 54.5 Å². The number of ether oxygens (including phenoxy) is 1. The maximum Gasteiger partial charge on any atom is 0.243 e. The first-order chi connectivity index (χ1) is 13.7. The number of hydrogen-bond acceptors (Lipinski definition) is 4. The van der Waals surface area contributed by atoms with E-state index in [1.807, 2.05) is 37.3 Å². The maximum absolute atomic E-state index is 12.0. The number of hydrogen-bond donors (Lipinski definition) is 1. The number of methoxy groups -OCH3 is 1. The van der Waals surface area contributed by atoms with Gasteiger partial charge in [0.25, 0.3) is 0 Å². The lowest BCUT2D eigenvalue weighted by atomic mass is 10.2. The molecule has 2 aliphatic rings. The van der Waals surface area contributed by atoms with Gasteiger partial charge in [-0.3, -0.25) is 4.79 Å². The zero-order valence-electron chi connectivity index (χ0n) is 16.7. The highest BCUT2D eigenvalue weighted by Gasteiger charge is 2.54. The number of nitrogens with one attached hydrogen (secondary N) is 1. The molecule has 1 aromatic heterocycles. The highest BCUT2D eigenvalue weighted by atomic mass is 16.5. The van der Waals surface area contributed by atoms with Gasteiger partial charge >= 0.3 is 0 Å². The molecule has 28 heavy (non-hydrogen) atoms. The normalized spacial score (nSPS) is 23.9. The van der Waals surface area contributed by atoms with Crippen LogP contribution in [-0.2, 0) is 4.79 Å². The SMILES string of the molecule is C=CC(/C=C/C(=O)NCCC1[C@H]2CN(c3ccnc(OC)c3)C[C@@H]12)=C\C=C/C.[HH]. The third kappa shape index (κ3) is 4.91. The van der Waals surface area contributed by atoms with E-state index in [1.165, 1.54) is 5.69 Å². The van der Waals surface area contributed by atoms with Gasteiger partial charge in [0.15, 0.2) is 0 Å². The zero-order chi connectivity index (χ0) is 19.9. The average molecular weight is 382 g/mol. The highest BCUT2D eigenvalue weighted by molar-refractivity contribution is 5.88. The number of carbonyl (C=O) groups excluding carboxylic acids is 1. The number of fused-ring (bicyclic) bond motifs is 1. The molecule has 1 N–H and O–H groups in total. The van der Waals surface area contributed by atoms with Gasteiger partial charge in [-0.25, -0.2) is 4.98 Å². The molecule has 1 amide bonds. The van der Waals surface area contributed by atoms with Crippen molar-refractivity contribution in [3.8, 4) is 5.88 Å². The van der Waals surface area contributed by atoms with Gasteiger partial charge in [-0.05, 0) is 48.8 Å². The molecule has 3 atom stereocenters. The van der Waals surface area contributed by atoms with E-state index in [0.717, 1.165) is 49.4 Å². The number of anilines is 1. The predicted octanol–water partition coefficient (Wildman–Crippen LogP) is 3.77. The average Bonchev–Trinajstić information content (AvgIpc) is 3.16. The smallest absolute Gasteiger partial charge is 0.243 e. The minimum absolute atomic E-state index is 0. The molecule has 1 unspecified atom stereocenters. The van der Waals surface area contributed by atoms with Gasteiger partial charge in [0, 0.05) is 45.1 Å². The second-order valence-electron chi connectivity index (χ2n) is 7.26.